The first-order valence-electron chi connectivity index (χ1n) is 5.90. The summed E-state index contributed by atoms with van der Waals surface area (Å²) in [5, 5.41) is 9.41. The smallest absolute Gasteiger partial charge is 0.260 e. The van der Waals surface area contributed by atoms with Gasteiger partial charge in [0.1, 0.15) is 0 Å². The van der Waals surface area contributed by atoms with Crippen molar-refractivity contribution in [3.63, 3.8) is 0 Å². The molecule has 1 aromatic heterocycles. The van der Waals surface area contributed by atoms with Gasteiger partial charge < -0.3 is 20.1 Å². The number of rotatable bonds is 4. The fourth-order valence-electron chi connectivity index (χ4n) is 2.15. The second kappa shape index (κ2) is 5.08. The summed E-state index contributed by atoms with van der Waals surface area (Å²) in [6, 6.07) is 0. The predicted octanol–water partition coefficient (Wildman–Crippen LogP) is -1.18. The van der Waals surface area contributed by atoms with E-state index in [-0.39, 0.29) is 17.5 Å². The van der Waals surface area contributed by atoms with E-state index in [2.05, 4.69) is 9.71 Å². The number of aliphatic hydroxyl groups is 1. The summed E-state index contributed by atoms with van der Waals surface area (Å²) in [4.78, 5) is 3.76. The number of nitrogens with zero attached hydrogens (tertiary/aromatic N) is 2. The Morgan fingerprint density at radius 2 is 2.21 bits per heavy atom. The minimum absolute atomic E-state index is 0.0600. The summed E-state index contributed by atoms with van der Waals surface area (Å²) in [5.74, 6) is -0.0600. The number of nitrogens with one attached hydrogen (secondary N) is 1. The second-order valence-corrected chi connectivity index (χ2v) is 6.30. The summed E-state index contributed by atoms with van der Waals surface area (Å²) in [7, 11) is -2.29. The maximum atomic E-state index is 12.4. The first kappa shape index (κ1) is 14.3. The molecule has 0 radical (unpaired) electrons. The van der Waals surface area contributed by atoms with E-state index >= 15 is 0 Å². The zero-order valence-corrected chi connectivity index (χ0v) is 11.5. The maximum absolute atomic E-state index is 12.4. The first-order valence-corrected chi connectivity index (χ1v) is 7.38. The SMILES string of the molecule is Cn1cnc(N)c1S(=O)(=O)NC1(CO)CCOCC1. The van der Waals surface area contributed by atoms with Gasteiger partial charge in [-0.1, -0.05) is 0 Å². The van der Waals surface area contributed by atoms with Crippen LogP contribution in [0.5, 0.6) is 0 Å². The van der Waals surface area contributed by atoms with Crippen LogP contribution in [-0.2, 0) is 21.8 Å². The lowest BCUT2D eigenvalue weighted by molar-refractivity contribution is 0.0222. The largest absolute Gasteiger partial charge is 0.394 e. The molecule has 0 saturated carbocycles. The predicted molar refractivity (Wildman–Crippen MR) is 67.8 cm³/mol. The number of aromatic nitrogens is 2. The number of nitrogens with two attached hydrogens (primary N) is 1. The molecule has 0 aromatic carbocycles. The number of hydrogen-bond acceptors (Lipinski definition) is 6. The summed E-state index contributed by atoms with van der Waals surface area (Å²) in [5.41, 5.74) is 4.68. The highest BCUT2D eigenvalue weighted by Gasteiger charge is 2.38. The van der Waals surface area contributed by atoms with Crippen molar-refractivity contribution >= 4 is 15.8 Å². The van der Waals surface area contributed by atoms with Crippen molar-refractivity contribution in [2.45, 2.75) is 23.4 Å². The molecule has 1 aliphatic heterocycles. The van der Waals surface area contributed by atoms with E-state index in [9.17, 15) is 13.5 Å². The molecule has 0 bridgehead atoms. The molecule has 2 rings (SSSR count). The third kappa shape index (κ3) is 2.73. The van der Waals surface area contributed by atoms with Crippen LogP contribution in [0.4, 0.5) is 5.82 Å². The molecule has 9 heteroatoms. The molecule has 0 amide bonds. The van der Waals surface area contributed by atoms with Crippen LogP contribution < -0.4 is 10.5 Å². The molecular formula is C10H18N4O4S. The molecule has 0 spiro atoms. The standard InChI is InChI=1S/C10H18N4O4S/c1-14-7-12-8(11)9(14)19(16,17)13-10(6-15)2-4-18-5-3-10/h7,13,15H,2-6,11H2,1H3. The van der Waals surface area contributed by atoms with Crippen LogP contribution in [0.25, 0.3) is 0 Å². The van der Waals surface area contributed by atoms with Gasteiger partial charge in [0, 0.05) is 20.3 Å². The van der Waals surface area contributed by atoms with Crippen LogP contribution in [0.3, 0.4) is 0 Å². The van der Waals surface area contributed by atoms with Gasteiger partial charge >= 0.3 is 0 Å². The van der Waals surface area contributed by atoms with E-state index in [1.807, 2.05) is 0 Å². The van der Waals surface area contributed by atoms with Gasteiger partial charge in [-0.05, 0) is 12.8 Å². The summed E-state index contributed by atoms with van der Waals surface area (Å²) in [6.45, 7) is 0.529. The molecule has 19 heavy (non-hydrogen) atoms. The van der Waals surface area contributed by atoms with E-state index in [0.29, 0.717) is 26.1 Å². The third-order valence-electron chi connectivity index (χ3n) is 3.27. The highest BCUT2D eigenvalue weighted by molar-refractivity contribution is 7.89. The van der Waals surface area contributed by atoms with Crippen molar-refractivity contribution in [1.29, 1.82) is 0 Å². The van der Waals surface area contributed by atoms with E-state index in [1.54, 1.807) is 7.05 Å². The lowest BCUT2D eigenvalue weighted by Gasteiger charge is -2.35. The van der Waals surface area contributed by atoms with Gasteiger partial charge in [-0.2, -0.15) is 0 Å². The molecule has 0 atom stereocenters. The number of anilines is 1. The van der Waals surface area contributed by atoms with E-state index < -0.39 is 15.6 Å². The lowest BCUT2D eigenvalue weighted by Crippen LogP contribution is -2.54. The van der Waals surface area contributed by atoms with E-state index in [0.717, 1.165) is 0 Å². The molecule has 1 saturated heterocycles. The van der Waals surface area contributed by atoms with Crippen molar-refractivity contribution in [1.82, 2.24) is 14.3 Å². The van der Waals surface area contributed by atoms with Crippen molar-refractivity contribution in [3.8, 4) is 0 Å². The molecule has 8 nitrogen and oxygen atoms in total. The van der Waals surface area contributed by atoms with E-state index in [1.165, 1.54) is 10.9 Å². The van der Waals surface area contributed by atoms with Crippen molar-refractivity contribution in [2.24, 2.45) is 7.05 Å². The molecule has 1 fully saturated rings. The summed E-state index contributed by atoms with van der Waals surface area (Å²) < 4.78 is 33.8. The van der Waals surface area contributed by atoms with Crippen LogP contribution in [0.2, 0.25) is 0 Å². The second-order valence-electron chi connectivity index (χ2n) is 4.70. The van der Waals surface area contributed by atoms with E-state index in [4.69, 9.17) is 10.5 Å². The maximum Gasteiger partial charge on any atom is 0.260 e. The number of aryl methyl sites for hydroxylation is 1. The molecular weight excluding hydrogens is 272 g/mol. The van der Waals surface area contributed by atoms with Crippen LogP contribution in [0, 0.1) is 0 Å². The average Bonchev–Trinajstić information content (AvgIpc) is 2.70. The quantitative estimate of drug-likeness (QED) is 0.642. The molecule has 1 aliphatic rings. The Balaban J connectivity index is 2.30. The van der Waals surface area contributed by atoms with Crippen LogP contribution in [0.1, 0.15) is 12.8 Å². The first-order chi connectivity index (χ1) is 8.90. The Hall–Kier alpha value is -1.16. The van der Waals surface area contributed by atoms with Crippen molar-refractivity contribution < 1.29 is 18.3 Å². The summed E-state index contributed by atoms with van der Waals surface area (Å²) in [6.07, 6.45) is 2.17. The fraction of sp³-hybridized carbons (Fsp3) is 0.700. The lowest BCUT2D eigenvalue weighted by atomic mass is 9.93. The van der Waals surface area contributed by atoms with Gasteiger partial charge in [0.15, 0.2) is 10.8 Å². The molecule has 2 heterocycles. The van der Waals surface area contributed by atoms with Gasteiger partial charge in [-0.15, -0.1) is 0 Å². The highest BCUT2D eigenvalue weighted by Crippen LogP contribution is 2.24. The number of aliphatic hydroxyl groups excluding tert-OH is 1. The number of imidazole rings is 1. The topological polar surface area (TPSA) is 119 Å². The number of nitrogen functional groups attached to an aromatic ring is 1. The van der Waals surface area contributed by atoms with Gasteiger partial charge in [-0.25, -0.2) is 18.1 Å². The number of sulfonamides is 1. The molecule has 4 N–H and O–H groups in total. The molecule has 0 aliphatic carbocycles. The fourth-order valence-corrected chi connectivity index (χ4v) is 3.84. The number of hydrogen-bond donors (Lipinski definition) is 3. The Bertz CT molecular complexity index is 528. The average molecular weight is 290 g/mol. The Morgan fingerprint density at radius 3 is 2.68 bits per heavy atom. The van der Waals surface area contributed by atoms with Crippen LogP contribution in [-0.4, -0.2) is 48.4 Å². The monoisotopic (exact) mass is 290 g/mol. The minimum Gasteiger partial charge on any atom is -0.394 e. The van der Waals surface area contributed by atoms with Gasteiger partial charge in [0.25, 0.3) is 10.0 Å². The van der Waals surface area contributed by atoms with Crippen molar-refractivity contribution in [3.05, 3.63) is 6.33 Å². The summed E-state index contributed by atoms with van der Waals surface area (Å²) >= 11 is 0. The minimum atomic E-state index is -3.84. The molecule has 108 valence electrons. The Labute approximate surface area is 111 Å². The van der Waals surface area contributed by atoms with Gasteiger partial charge in [0.2, 0.25) is 0 Å². The van der Waals surface area contributed by atoms with Gasteiger partial charge in [0.05, 0.1) is 18.5 Å². The third-order valence-corrected chi connectivity index (χ3v) is 4.98. The normalized spacial score (nSPS) is 19.5. The Kier molecular flexibility index (Phi) is 3.81. The van der Waals surface area contributed by atoms with Gasteiger partial charge in [-0.3, -0.25) is 0 Å². The zero-order chi connectivity index (χ0) is 14.1. The molecule has 0 unspecified atom stereocenters. The number of ether oxygens (including phenoxy) is 1. The van der Waals surface area contributed by atoms with Crippen molar-refractivity contribution in [2.75, 3.05) is 25.6 Å². The highest BCUT2D eigenvalue weighted by atomic mass is 32.2. The zero-order valence-electron chi connectivity index (χ0n) is 10.7. The molecule has 1 aromatic rings. The van der Waals surface area contributed by atoms with Crippen LogP contribution in [0.15, 0.2) is 11.4 Å². The Morgan fingerprint density at radius 1 is 1.58 bits per heavy atom. The van der Waals surface area contributed by atoms with Crippen LogP contribution >= 0.6 is 0 Å².